The minimum Gasteiger partial charge on any atom is -0.320 e. The molecule has 1 N–H and O–H groups in total. The molecule has 0 fully saturated rings. The molecule has 4 aromatic rings. The second-order valence-corrected chi connectivity index (χ2v) is 9.13. The summed E-state index contributed by atoms with van der Waals surface area (Å²) in [6, 6.07) is 16.2. The van der Waals surface area contributed by atoms with Crippen LogP contribution in [0.25, 0.3) is 22.5 Å². The van der Waals surface area contributed by atoms with Gasteiger partial charge in [-0.2, -0.15) is 0 Å². The van der Waals surface area contributed by atoms with Crippen LogP contribution in [0.1, 0.15) is 11.8 Å². The van der Waals surface area contributed by atoms with Crippen molar-refractivity contribution in [2.24, 2.45) is 0 Å². The van der Waals surface area contributed by atoms with E-state index in [1.165, 1.54) is 28.8 Å². The fraction of sp³-hybridized carbons (Fsp3) is 0.174. The highest BCUT2D eigenvalue weighted by Gasteiger charge is 2.21. The first-order valence-corrected chi connectivity index (χ1v) is 12.1. The van der Waals surface area contributed by atoms with E-state index in [0.717, 1.165) is 22.5 Å². The highest BCUT2D eigenvalue weighted by molar-refractivity contribution is 7.99. The lowest BCUT2D eigenvalue weighted by Gasteiger charge is -2.09. The number of hydrogen-bond acceptors (Lipinski definition) is 7. The number of aromatic nitrogens is 3. The van der Waals surface area contributed by atoms with E-state index >= 15 is 0 Å². The van der Waals surface area contributed by atoms with Gasteiger partial charge in [-0.05, 0) is 25.5 Å². The molecule has 2 aromatic heterocycles. The van der Waals surface area contributed by atoms with Gasteiger partial charge in [0, 0.05) is 34.0 Å². The molecule has 1 amide bonds. The van der Waals surface area contributed by atoms with Crippen LogP contribution in [0.5, 0.6) is 0 Å². The molecule has 0 aliphatic carbocycles. The van der Waals surface area contributed by atoms with Crippen LogP contribution in [0.4, 0.5) is 11.4 Å². The maximum absolute atomic E-state index is 12.5. The van der Waals surface area contributed by atoms with E-state index in [0.29, 0.717) is 11.7 Å². The normalized spacial score (nSPS) is 10.8. The Balaban J connectivity index is 1.54. The van der Waals surface area contributed by atoms with Crippen molar-refractivity contribution in [3.05, 3.63) is 75.0 Å². The predicted octanol–water partition coefficient (Wildman–Crippen LogP) is 5.64. The van der Waals surface area contributed by atoms with Gasteiger partial charge in [0.25, 0.3) is 5.69 Å². The van der Waals surface area contributed by atoms with Crippen LogP contribution in [-0.2, 0) is 11.3 Å². The maximum Gasteiger partial charge on any atom is 0.292 e. The lowest BCUT2D eigenvalue weighted by atomic mass is 10.0. The van der Waals surface area contributed by atoms with Crippen molar-refractivity contribution in [3.63, 3.8) is 0 Å². The molecule has 8 nitrogen and oxygen atoms in total. The average Bonchev–Trinajstić information content (AvgIpc) is 3.41. The molecule has 33 heavy (non-hydrogen) atoms. The van der Waals surface area contributed by atoms with Crippen molar-refractivity contribution in [1.82, 2.24) is 14.8 Å². The van der Waals surface area contributed by atoms with Crippen LogP contribution in [-0.4, -0.2) is 31.3 Å². The fourth-order valence-electron chi connectivity index (χ4n) is 3.52. The first-order chi connectivity index (χ1) is 16.0. The summed E-state index contributed by atoms with van der Waals surface area (Å²) in [5.74, 6) is 0.457. The van der Waals surface area contributed by atoms with Gasteiger partial charge in [-0.3, -0.25) is 14.9 Å². The van der Waals surface area contributed by atoms with E-state index < -0.39 is 4.92 Å². The van der Waals surface area contributed by atoms with Gasteiger partial charge >= 0.3 is 0 Å². The number of carbonyl (C=O) groups is 1. The molecule has 4 rings (SSSR count). The zero-order chi connectivity index (χ0) is 23.4. The van der Waals surface area contributed by atoms with Crippen molar-refractivity contribution < 1.29 is 9.72 Å². The van der Waals surface area contributed by atoms with Gasteiger partial charge in [0.05, 0.1) is 10.7 Å². The van der Waals surface area contributed by atoms with Crippen LogP contribution in [0.2, 0.25) is 0 Å². The number of carbonyl (C=O) groups excluding carboxylic acids is 1. The van der Waals surface area contributed by atoms with Crippen LogP contribution in [0.15, 0.2) is 65.1 Å². The molecular formula is C23H21N5O3S2. The Morgan fingerprint density at radius 3 is 2.61 bits per heavy atom. The molecule has 168 valence electrons. The lowest BCUT2D eigenvalue weighted by molar-refractivity contribution is -0.383. The van der Waals surface area contributed by atoms with Gasteiger partial charge in [-0.1, -0.05) is 54.2 Å². The molecule has 10 heteroatoms. The zero-order valence-corrected chi connectivity index (χ0v) is 19.7. The summed E-state index contributed by atoms with van der Waals surface area (Å²) < 4.78 is 1.98. The Morgan fingerprint density at radius 1 is 1.15 bits per heavy atom. The molecular weight excluding hydrogens is 458 g/mol. The average molecular weight is 480 g/mol. The van der Waals surface area contributed by atoms with Gasteiger partial charge in [0.1, 0.15) is 5.69 Å². The molecule has 0 bridgehead atoms. The first-order valence-electron chi connectivity index (χ1n) is 10.2. The molecule has 0 spiro atoms. The smallest absolute Gasteiger partial charge is 0.292 e. The second kappa shape index (κ2) is 9.97. The Morgan fingerprint density at radius 2 is 1.88 bits per heavy atom. The Kier molecular flexibility index (Phi) is 6.85. The number of hydrogen-bond donors (Lipinski definition) is 1. The molecule has 0 aliphatic heterocycles. The Labute approximate surface area is 198 Å². The van der Waals surface area contributed by atoms with Crippen molar-refractivity contribution in [2.45, 2.75) is 25.5 Å². The monoisotopic (exact) mass is 479 g/mol. The number of benzene rings is 2. The van der Waals surface area contributed by atoms with E-state index in [-0.39, 0.29) is 23.0 Å². The molecule has 0 saturated carbocycles. The second-order valence-electron chi connectivity index (χ2n) is 7.11. The number of para-hydroxylation sites is 2. The Bertz CT molecular complexity index is 1300. The quantitative estimate of drug-likeness (QED) is 0.199. The molecule has 0 radical (unpaired) electrons. The molecule has 0 aliphatic rings. The molecule has 2 aromatic carbocycles. The molecule has 0 unspecified atom stereocenters. The van der Waals surface area contributed by atoms with Gasteiger partial charge in [0.15, 0.2) is 11.0 Å². The first kappa shape index (κ1) is 22.7. The third kappa shape index (κ3) is 4.81. The molecule has 0 atom stereocenters. The number of nitro benzene ring substituents is 1. The summed E-state index contributed by atoms with van der Waals surface area (Å²) >= 11 is 2.91. The standard InChI is InChI=1S/C23H21N5O3S2/c1-3-27-22(17-13-32-15(2)21(17)16-9-5-4-6-10-16)25-26-23(27)33-14-20(29)24-18-11-7-8-12-19(18)28(30)31/h4-13H,3,14H2,1-2H3,(H,24,29). The van der Waals surface area contributed by atoms with Crippen molar-refractivity contribution >= 4 is 40.4 Å². The number of nitrogens with zero attached hydrogens (tertiary/aromatic N) is 4. The highest BCUT2D eigenvalue weighted by Crippen LogP contribution is 2.39. The molecule has 2 heterocycles. The van der Waals surface area contributed by atoms with E-state index in [1.54, 1.807) is 23.5 Å². The SMILES string of the molecule is CCn1c(SCC(=O)Nc2ccccc2[N+](=O)[O-])nnc1-c1csc(C)c1-c1ccccc1. The molecule has 0 saturated heterocycles. The van der Waals surface area contributed by atoms with Crippen molar-refractivity contribution in [1.29, 1.82) is 0 Å². The number of aryl methyl sites for hydroxylation is 1. The van der Waals surface area contributed by atoms with Gasteiger partial charge in [-0.25, -0.2) is 0 Å². The summed E-state index contributed by atoms with van der Waals surface area (Å²) in [5, 5.41) is 25.2. The number of thiophene rings is 1. The number of rotatable bonds is 8. The number of nitrogens with one attached hydrogen (secondary N) is 1. The number of nitro groups is 1. The van der Waals surface area contributed by atoms with E-state index in [2.05, 4.69) is 40.0 Å². The van der Waals surface area contributed by atoms with Crippen LogP contribution in [0, 0.1) is 17.0 Å². The van der Waals surface area contributed by atoms with Crippen LogP contribution >= 0.6 is 23.1 Å². The third-order valence-electron chi connectivity index (χ3n) is 5.02. The number of thioether (sulfide) groups is 1. The maximum atomic E-state index is 12.5. The minimum absolute atomic E-state index is 0.0540. The number of anilines is 1. The van der Waals surface area contributed by atoms with Gasteiger partial charge in [0.2, 0.25) is 5.91 Å². The van der Waals surface area contributed by atoms with Gasteiger partial charge in [-0.15, -0.1) is 21.5 Å². The summed E-state index contributed by atoms with van der Waals surface area (Å²) in [5.41, 5.74) is 3.29. The topological polar surface area (TPSA) is 103 Å². The number of amides is 1. The van der Waals surface area contributed by atoms with E-state index in [1.807, 2.05) is 29.7 Å². The van der Waals surface area contributed by atoms with Crippen molar-refractivity contribution in [2.75, 3.05) is 11.1 Å². The summed E-state index contributed by atoms with van der Waals surface area (Å²) in [6.45, 7) is 4.73. The predicted molar refractivity (Wildman–Crippen MR) is 132 cm³/mol. The van der Waals surface area contributed by atoms with Gasteiger partial charge < -0.3 is 9.88 Å². The minimum atomic E-state index is -0.518. The lowest BCUT2D eigenvalue weighted by Crippen LogP contribution is -2.15. The van der Waals surface area contributed by atoms with E-state index in [4.69, 9.17) is 0 Å². The zero-order valence-electron chi connectivity index (χ0n) is 18.0. The fourth-order valence-corrected chi connectivity index (χ4v) is 5.18. The van der Waals surface area contributed by atoms with Crippen molar-refractivity contribution in [3.8, 4) is 22.5 Å². The van der Waals surface area contributed by atoms with Crippen LogP contribution < -0.4 is 5.32 Å². The third-order valence-corrected chi connectivity index (χ3v) is 6.90. The summed E-state index contributed by atoms with van der Waals surface area (Å²) in [6.07, 6.45) is 0. The summed E-state index contributed by atoms with van der Waals surface area (Å²) in [4.78, 5) is 24.3. The van der Waals surface area contributed by atoms with Crippen LogP contribution in [0.3, 0.4) is 0 Å². The Hall–Kier alpha value is -3.50. The summed E-state index contributed by atoms with van der Waals surface area (Å²) in [7, 11) is 0. The largest absolute Gasteiger partial charge is 0.320 e. The highest BCUT2D eigenvalue weighted by atomic mass is 32.2. The van der Waals surface area contributed by atoms with E-state index in [9.17, 15) is 14.9 Å².